The van der Waals surface area contributed by atoms with E-state index < -0.39 is 5.97 Å². The van der Waals surface area contributed by atoms with Gasteiger partial charge in [-0.15, -0.1) is 0 Å². The number of carboxylic acids is 1. The number of rotatable bonds is 11. The van der Waals surface area contributed by atoms with Crippen molar-refractivity contribution in [3.63, 3.8) is 0 Å². The van der Waals surface area contributed by atoms with Crippen molar-refractivity contribution in [2.45, 2.75) is 63.9 Å². The Morgan fingerprint density at radius 1 is 1.06 bits per heavy atom. The molecule has 0 unspecified atom stereocenters. The van der Waals surface area contributed by atoms with Gasteiger partial charge in [0, 0.05) is 49.4 Å². The second kappa shape index (κ2) is 13.4. The van der Waals surface area contributed by atoms with E-state index in [2.05, 4.69) is 72.5 Å². The number of carbonyl (C=O) groups is 1. The number of thioether (sulfide) groups is 1. The lowest BCUT2D eigenvalue weighted by Crippen LogP contribution is -2.48. The van der Waals surface area contributed by atoms with Gasteiger partial charge in [0.2, 0.25) is 0 Å². The lowest BCUT2D eigenvalue weighted by Gasteiger charge is -2.37. The van der Waals surface area contributed by atoms with Gasteiger partial charge in [-0.2, -0.15) is 11.8 Å². The molecule has 2 aliphatic rings. The summed E-state index contributed by atoms with van der Waals surface area (Å²) in [4.78, 5) is 13.2. The van der Waals surface area contributed by atoms with Crippen molar-refractivity contribution in [3.8, 4) is 11.1 Å². The normalized spacial score (nSPS) is 24.9. The van der Waals surface area contributed by atoms with E-state index >= 15 is 0 Å². The van der Waals surface area contributed by atoms with Crippen molar-refractivity contribution in [1.29, 1.82) is 0 Å². The smallest absolute Gasteiger partial charge is 0.303 e. The molecular weight excluding hydrogens is 470 g/mol. The molecule has 5 nitrogen and oxygen atoms in total. The Morgan fingerprint density at radius 2 is 1.72 bits per heavy atom. The maximum absolute atomic E-state index is 11.0. The zero-order chi connectivity index (χ0) is 25.3. The Hall–Kier alpha value is -2.12. The average molecular weight is 510 g/mol. The first-order chi connectivity index (χ1) is 17.5. The number of aryl methyl sites for hydroxylation is 1. The third kappa shape index (κ3) is 7.45. The number of carboxylic acid groups (broad SMARTS) is 1. The largest absolute Gasteiger partial charge is 0.481 e. The van der Waals surface area contributed by atoms with Crippen molar-refractivity contribution >= 4 is 17.7 Å². The van der Waals surface area contributed by atoms with E-state index in [-0.39, 0.29) is 30.6 Å². The van der Waals surface area contributed by atoms with Crippen molar-refractivity contribution in [2.75, 3.05) is 24.6 Å². The number of aliphatic hydroxyl groups excluding tert-OH is 1. The molecule has 4 rings (SSSR count). The second-order valence-electron chi connectivity index (χ2n) is 10.0. The van der Waals surface area contributed by atoms with Crippen LogP contribution in [-0.2, 0) is 16.1 Å². The first kappa shape index (κ1) is 26.9. The molecule has 2 aromatic carbocycles. The molecule has 194 valence electrons. The van der Waals surface area contributed by atoms with Gasteiger partial charge >= 0.3 is 5.97 Å². The molecule has 0 spiro atoms. The summed E-state index contributed by atoms with van der Waals surface area (Å²) in [6.45, 7) is 4.66. The van der Waals surface area contributed by atoms with Crippen LogP contribution in [0.15, 0.2) is 60.7 Å². The monoisotopic (exact) mass is 509 g/mol. The number of hydrogen-bond acceptors (Lipinski definition) is 5. The van der Waals surface area contributed by atoms with Crippen molar-refractivity contribution in [2.24, 2.45) is 5.92 Å². The van der Waals surface area contributed by atoms with E-state index in [0.717, 1.165) is 43.0 Å². The standard InChI is InChI=1S/C30H39NO4S/c1-22-8-12-24(13-9-22)25-14-10-23(11-15-25)21-35-28-20-27(32)30(31-16-18-36-19-17-31)26(28)6-4-2-3-5-7-29(33)34/h2,4,8-15,26-28,30,32H,3,5-7,16-21H2,1H3,(H,33,34)/b4-2-/t26-,27+,28-,30+/m0/s1. The molecule has 2 fully saturated rings. The molecule has 0 aromatic heterocycles. The van der Waals surface area contributed by atoms with Crippen LogP contribution in [0.25, 0.3) is 11.1 Å². The van der Waals surface area contributed by atoms with Gasteiger partial charge < -0.3 is 14.9 Å². The fraction of sp³-hybridized carbons (Fsp3) is 0.500. The predicted octanol–water partition coefficient (Wildman–Crippen LogP) is 5.55. The van der Waals surface area contributed by atoms with Crippen LogP contribution in [0, 0.1) is 12.8 Å². The number of unbranched alkanes of at least 4 members (excludes halogenated alkanes) is 1. The Balaban J connectivity index is 1.38. The van der Waals surface area contributed by atoms with E-state index in [0.29, 0.717) is 19.4 Å². The Bertz CT molecular complexity index is 985. The zero-order valence-electron chi connectivity index (χ0n) is 21.2. The molecule has 1 saturated heterocycles. The van der Waals surface area contributed by atoms with E-state index in [1.807, 2.05) is 11.8 Å². The maximum Gasteiger partial charge on any atom is 0.303 e. The van der Waals surface area contributed by atoms with Crippen LogP contribution in [0.2, 0.25) is 0 Å². The minimum atomic E-state index is -0.745. The molecule has 4 atom stereocenters. The van der Waals surface area contributed by atoms with Gasteiger partial charge in [-0.1, -0.05) is 66.2 Å². The summed E-state index contributed by atoms with van der Waals surface area (Å²) >= 11 is 1.98. The summed E-state index contributed by atoms with van der Waals surface area (Å²) in [6.07, 6.45) is 7.02. The van der Waals surface area contributed by atoms with Gasteiger partial charge in [0.15, 0.2) is 0 Å². The quantitative estimate of drug-likeness (QED) is 0.306. The molecule has 1 aliphatic heterocycles. The summed E-state index contributed by atoms with van der Waals surface area (Å²) in [5.41, 5.74) is 4.81. The molecule has 36 heavy (non-hydrogen) atoms. The second-order valence-corrected chi connectivity index (χ2v) is 11.2. The minimum Gasteiger partial charge on any atom is -0.481 e. The Kier molecular flexibility index (Phi) is 10.0. The van der Waals surface area contributed by atoms with Crippen LogP contribution < -0.4 is 0 Å². The molecule has 0 amide bonds. The van der Waals surface area contributed by atoms with Crippen LogP contribution in [0.5, 0.6) is 0 Å². The number of allylic oxidation sites excluding steroid dienone is 2. The van der Waals surface area contributed by atoms with E-state index in [4.69, 9.17) is 9.84 Å². The first-order valence-electron chi connectivity index (χ1n) is 13.2. The van der Waals surface area contributed by atoms with E-state index in [1.165, 1.54) is 16.7 Å². The molecule has 2 N–H and O–H groups in total. The number of ether oxygens (including phenoxy) is 1. The highest BCUT2D eigenvalue weighted by Crippen LogP contribution is 2.37. The fourth-order valence-corrected chi connectivity index (χ4v) is 6.35. The number of aliphatic carboxylic acids is 1. The van der Waals surface area contributed by atoms with Gasteiger partial charge in [-0.3, -0.25) is 9.69 Å². The molecule has 6 heteroatoms. The third-order valence-corrected chi connectivity index (χ3v) is 8.33. The topological polar surface area (TPSA) is 70.0 Å². The summed E-state index contributed by atoms with van der Waals surface area (Å²) in [5, 5.41) is 19.9. The van der Waals surface area contributed by atoms with Crippen molar-refractivity contribution in [1.82, 2.24) is 4.90 Å². The summed E-state index contributed by atoms with van der Waals surface area (Å²) in [7, 11) is 0. The lowest BCUT2D eigenvalue weighted by atomic mass is 9.95. The number of nitrogens with zero attached hydrogens (tertiary/aromatic N) is 1. The zero-order valence-corrected chi connectivity index (χ0v) is 22.0. The van der Waals surface area contributed by atoms with Crippen LogP contribution in [0.4, 0.5) is 0 Å². The molecule has 1 aliphatic carbocycles. The highest BCUT2D eigenvalue weighted by atomic mass is 32.2. The molecule has 2 aromatic rings. The van der Waals surface area contributed by atoms with Crippen LogP contribution in [-0.4, -0.2) is 63.9 Å². The lowest BCUT2D eigenvalue weighted by molar-refractivity contribution is -0.137. The minimum absolute atomic E-state index is 0.0000225. The number of aliphatic hydroxyl groups is 1. The highest BCUT2D eigenvalue weighted by molar-refractivity contribution is 7.99. The fourth-order valence-electron chi connectivity index (χ4n) is 5.42. The van der Waals surface area contributed by atoms with Crippen LogP contribution in [0.3, 0.4) is 0 Å². The number of benzene rings is 2. The van der Waals surface area contributed by atoms with Crippen molar-refractivity contribution in [3.05, 3.63) is 71.8 Å². The van der Waals surface area contributed by atoms with Gasteiger partial charge in [0.1, 0.15) is 0 Å². The van der Waals surface area contributed by atoms with Gasteiger partial charge in [-0.25, -0.2) is 0 Å². The molecular formula is C30H39NO4S. The number of hydrogen-bond donors (Lipinski definition) is 2. The first-order valence-corrected chi connectivity index (χ1v) is 14.3. The average Bonchev–Trinajstić information content (AvgIpc) is 3.20. The van der Waals surface area contributed by atoms with Crippen molar-refractivity contribution < 1.29 is 19.7 Å². The SMILES string of the molecule is Cc1ccc(-c2ccc(CO[C@H]3C[C@@H](O)[C@H](N4CCSCC4)[C@H]3C/C=C\CCCC(=O)O)cc2)cc1. The van der Waals surface area contributed by atoms with Crippen LogP contribution >= 0.6 is 11.8 Å². The van der Waals surface area contributed by atoms with Gasteiger partial charge in [-0.05, 0) is 42.9 Å². The molecule has 0 bridgehead atoms. The summed E-state index contributed by atoms with van der Waals surface area (Å²) in [5.74, 6) is 1.70. The third-order valence-electron chi connectivity index (χ3n) is 7.39. The van der Waals surface area contributed by atoms with Gasteiger partial charge in [0.25, 0.3) is 0 Å². The van der Waals surface area contributed by atoms with E-state index in [9.17, 15) is 9.90 Å². The molecule has 1 heterocycles. The highest BCUT2D eigenvalue weighted by Gasteiger charge is 2.45. The summed E-state index contributed by atoms with van der Waals surface area (Å²) in [6, 6.07) is 17.3. The summed E-state index contributed by atoms with van der Waals surface area (Å²) < 4.78 is 6.46. The predicted molar refractivity (Wildman–Crippen MR) is 147 cm³/mol. The molecule has 0 radical (unpaired) electrons. The maximum atomic E-state index is 11.0. The molecule has 1 saturated carbocycles. The van der Waals surface area contributed by atoms with Gasteiger partial charge in [0.05, 0.1) is 18.8 Å². The Morgan fingerprint density at radius 3 is 2.39 bits per heavy atom. The Labute approximate surface area is 219 Å². The van der Waals surface area contributed by atoms with Crippen LogP contribution in [0.1, 0.15) is 43.2 Å². The van der Waals surface area contributed by atoms with E-state index in [1.54, 1.807) is 0 Å².